The lowest BCUT2D eigenvalue weighted by atomic mass is 9.88. The number of benzene rings is 1. The van der Waals surface area contributed by atoms with E-state index in [1.165, 1.54) is 43.2 Å². The topological polar surface area (TPSA) is 21.3 Å². The maximum absolute atomic E-state index is 6.13. The Morgan fingerprint density at radius 1 is 1.25 bits per heavy atom. The van der Waals surface area contributed by atoms with Crippen LogP contribution in [0.3, 0.4) is 0 Å². The van der Waals surface area contributed by atoms with E-state index in [9.17, 15) is 0 Å². The highest BCUT2D eigenvalue weighted by atomic mass is 16.5. The molecule has 2 aliphatic rings. The number of hydrogen-bond donors (Lipinski definition) is 1. The molecule has 2 heteroatoms. The summed E-state index contributed by atoms with van der Waals surface area (Å²) in [6.45, 7) is 5.42. The van der Waals surface area contributed by atoms with Crippen molar-refractivity contribution in [3.05, 3.63) is 35.4 Å². The van der Waals surface area contributed by atoms with Crippen LogP contribution in [0.4, 0.5) is 0 Å². The van der Waals surface area contributed by atoms with E-state index in [1.54, 1.807) is 0 Å². The van der Waals surface area contributed by atoms with Gasteiger partial charge in [0.1, 0.15) is 0 Å². The van der Waals surface area contributed by atoms with E-state index in [-0.39, 0.29) is 5.60 Å². The normalized spacial score (nSPS) is 26.8. The molecule has 1 aromatic carbocycles. The average Bonchev–Trinajstić information content (AvgIpc) is 2.87. The zero-order valence-electron chi connectivity index (χ0n) is 12.8. The predicted molar refractivity (Wildman–Crippen MR) is 82.9 cm³/mol. The quantitative estimate of drug-likeness (QED) is 0.893. The first-order chi connectivity index (χ1) is 9.69. The van der Waals surface area contributed by atoms with Crippen molar-refractivity contribution >= 4 is 0 Å². The largest absolute Gasteiger partial charge is 0.375 e. The highest BCUT2D eigenvalue weighted by Gasteiger charge is 2.40. The van der Waals surface area contributed by atoms with Gasteiger partial charge in [-0.2, -0.15) is 0 Å². The van der Waals surface area contributed by atoms with Gasteiger partial charge in [0.25, 0.3) is 0 Å². The van der Waals surface area contributed by atoms with Gasteiger partial charge >= 0.3 is 0 Å². The standard InChI is InChI=1S/C18H27NO/c1-14-7-3-4-8-17(14)15(2)19-16-9-12-20-18(13-16)10-5-6-11-18/h3-4,7-8,15-16,19H,5-6,9-13H2,1-2H3/t15-,16?/m0/s1. The molecular formula is C18H27NO. The Labute approximate surface area is 122 Å². The van der Waals surface area contributed by atoms with Crippen LogP contribution in [0.15, 0.2) is 24.3 Å². The second kappa shape index (κ2) is 5.87. The molecule has 1 aliphatic carbocycles. The molecule has 0 radical (unpaired) electrons. The molecule has 2 atom stereocenters. The summed E-state index contributed by atoms with van der Waals surface area (Å²) >= 11 is 0. The molecule has 0 amide bonds. The van der Waals surface area contributed by atoms with Gasteiger partial charge in [0.2, 0.25) is 0 Å². The van der Waals surface area contributed by atoms with Crippen molar-refractivity contribution < 1.29 is 4.74 Å². The van der Waals surface area contributed by atoms with Gasteiger partial charge in [-0.1, -0.05) is 37.1 Å². The first kappa shape index (κ1) is 14.1. The van der Waals surface area contributed by atoms with E-state index in [1.807, 2.05) is 0 Å². The third kappa shape index (κ3) is 2.91. The van der Waals surface area contributed by atoms with Gasteiger partial charge in [0.05, 0.1) is 5.60 Å². The maximum atomic E-state index is 6.13. The molecule has 1 heterocycles. The van der Waals surface area contributed by atoms with Crippen LogP contribution in [-0.4, -0.2) is 18.2 Å². The fourth-order valence-corrected chi connectivity index (χ4v) is 4.05. The van der Waals surface area contributed by atoms with Crippen LogP contribution in [0.5, 0.6) is 0 Å². The summed E-state index contributed by atoms with van der Waals surface area (Å²) in [6, 6.07) is 9.75. The monoisotopic (exact) mass is 273 g/mol. The zero-order chi connectivity index (χ0) is 14.0. The Hall–Kier alpha value is -0.860. The van der Waals surface area contributed by atoms with Crippen molar-refractivity contribution in [3.8, 4) is 0 Å². The van der Waals surface area contributed by atoms with E-state index >= 15 is 0 Å². The molecule has 20 heavy (non-hydrogen) atoms. The summed E-state index contributed by atoms with van der Waals surface area (Å²) in [5, 5.41) is 3.85. The zero-order valence-corrected chi connectivity index (χ0v) is 12.8. The minimum Gasteiger partial charge on any atom is -0.375 e. The summed E-state index contributed by atoms with van der Waals surface area (Å²) in [7, 11) is 0. The predicted octanol–water partition coefficient (Wildman–Crippen LogP) is 4.14. The highest BCUT2D eigenvalue weighted by molar-refractivity contribution is 5.28. The van der Waals surface area contributed by atoms with Crippen molar-refractivity contribution in [1.29, 1.82) is 0 Å². The average molecular weight is 273 g/mol. The van der Waals surface area contributed by atoms with Crippen molar-refractivity contribution in [3.63, 3.8) is 0 Å². The Kier molecular flexibility index (Phi) is 4.13. The molecule has 2 fully saturated rings. The maximum Gasteiger partial charge on any atom is 0.0697 e. The van der Waals surface area contributed by atoms with Crippen LogP contribution in [0.25, 0.3) is 0 Å². The van der Waals surface area contributed by atoms with E-state index in [0.717, 1.165) is 13.0 Å². The first-order valence-electron chi connectivity index (χ1n) is 8.14. The summed E-state index contributed by atoms with van der Waals surface area (Å²) in [4.78, 5) is 0. The molecular weight excluding hydrogens is 246 g/mol. The summed E-state index contributed by atoms with van der Waals surface area (Å²) in [6.07, 6.45) is 7.58. The lowest BCUT2D eigenvalue weighted by Crippen LogP contribution is -2.46. The summed E-state index contributed by atoms with van der Waals surface area (Å²) in [5.74, 6) is 0. The van der Waals surface area contributed by atoms with Gasteiger partial charge in [-0.05, 0) is 50.7 Å². The van der Waals surface area contributed by atoms with E-state index in [4.69, 9.17) is 4.74 Å². The lowest BCUT2D eigenvalue weighted by molar-refractivity contribution is -0.0846. The smallest absolute Gasteiger partial charge is 0.0697 e. The number of ether oxygens (including phenoxy) is 1. The van der Waals surface area contributed by atoms with Crippen LogP contribution in [0, 0.1) is 6.92 Å². The molecule has 0 bridgehead atoms. The van der Waals surface area contributed by atoms with Gasteiger partial charge < -0.3 is 10.1 Å². The van der Waals surface area contributed by atoms with E-state index < -0.39 is 0 Å². The van der Waals surface area contributed by atoms with Gasteiger partial charge in [-0.25, -0.2) is 0 Å². The van der Waals surface area contributed by atoms with Gasteiger partial charge in [0.15, 0.2) is 0 Å². The molecule has 1 N–H and O–H groups in total. The number of hydrogen-bond acceptors (Lipinski definition) is 2. The van der Waals surface area contributed by atoms with Gasteiger partial charge in [-0.3, -0.25) is 0 Å². The molecule has 110 valence electrons. The SMILES string of the molecule is Cc1ccccc1[C@H](C)NC1CCOC2(CCCC2)C1. The Morgan fingerprint density at radius 3 is 2.75 bits per heavy atom. The van der Waals surface area contributed by atoms with Crippen LogP contribution in [0.2, 0.25) is 0 Å². The molecule has 1 saturated heterocycles. The van der Waals surface area contributed by atoms with Crippen molar-refractivity contribution in [2.45, 2.75) is 70.1 Å². The van der Waals surface area contributed by atoms with E-state index in [2.05, 4.69) is 43.4 Å². The molecule has 1 unspecified atom stereocenters. The van der Waals surface area contributed by atoms with Crippen LogP contribution >= 0.6 is 0 Å². The molecule has 1 aliphatic heterocycles. The number of nitrogens with one attached hydrogen (secondary N) is 1. The van der Waals surface area contributed by atoms with Crippen LogP contribution < -0.4 is 5.32 Å². The molecule has 1 aromatic rings. The fraction of sp³-hybridized carbons (Fsp3) is 0.667. The minimum absolute atomic E-state index is 0.210. The number of aryl methyl sites for hydroxylation is 1. The Bertz CT molecular complexity index is 450. The second-order valence-electron chi connectivity index (χ2n) is 6.67. The lowest BCUT2D eigenvalue weighted by Gasteiger charge is -2.39. The molecule has 1 spiro atoms. The number of rotatable bonds is 3. The van der Waals surface area contributed by atoms with E-state index in [0.29, 0.717) is 12.1 Å². The van der Waals surface area contributed by atoms with Crippen LogP contribution in [-0.2, 0) is 4.74 Å². The molecule has 1 saturated carbocycles. The Morgan fingerprint density at radius 2 is 2.00 bits per heavy atom. The molecule has 3 rings (SSSR count). The third-order valence-corrected chi connectivity index (χ3v) is 5.15. The van der Waals surface area contributed by atoms with Crippen molar-refractivity contribution in [2.75, 3.05) is 6.61 Å². The van der Waals surface area contributed by atoms with Gasteiger partial charge in [0, 0.05) is 18.7 Å². The third-order valence-electron chi connectivity index (χ3n) is 5.15. The van der Waals surface area contributed by atoms with Gasteiger partial charge in [-0.15, -0.1) is 0 Å². The summed E-state index contributed by atoms with van der Waals surface area (Å²) < 4.78 is 6.13. The van der Waals surface area contributed by atoms with Crippen molar-refractivity contribution in [2.24, 2.45) is 0 Å². The second-order valence-corrected chi connectivity index (χ2v) is 6.67. The fourth-order valence-electron chi connectivity index (χ4n) is 4.05. The highest BCUT2D eigenvalue weighted by Crippen LogP contribution is 2.40. The first-order valence-corrected chi connectivity index (χ1v) is 8.14. The van der Waals surface area contributed by atoms with Crippen molar-refractivity contribution in [1.82, 2.24) is 5.32 Å². The minimum atomic E-state index is 0.210. The molecule has 2 nitrogen and oxygen atoms in total. The Balaban J connectivity index is 1.64. The summed E-state index contributed by atoms with van der Waals surface area (Å²) in [5.41, 5.74) is 3.02. The van der Waals surface area contributed by atoms with Crippen LogP contribution in [0.1, 0.15) is 62.6 Å². The molecule has 0 aromatic heterocycles.